The van der Waals surface area contributed by atoms with E-state index in [4.69, 9.17) is 4.74 Å². The summed E-state index contributed by atoms with van der Waals surface area (Å²) in [7, 11) is 0. The van der Waals surface area contributed by atoms with Crippen molar-refractivity contribution in [3.05, 3.63) is 78.4 Å². The van der Waals surface area contributed by atoms with Crippen LogP contribution in [-0.2, 0) is 0 Å². The maximum absolute atomic E-state index is 6.10. The number of hydrogen-bond acceptors (Lipinski definition) is 1. The average Bonchev–Trinajstić information content (AvgIpc) is 2.52. The van der Waals surface area contributed by atoms with Crippen LogP contribution in [0.2, 0.25) is 0 Å². The first-order valence-corrected chi connectivity index (χ1v) is 9.87. The van der Waals surface area contributed by atoms with Crippen LogP contribution < -0.4 is 17.8 Å². The van der Waals surface area contributed by atoms with Crippen molar-refractivity contribution in [1.29, 1.82) is 0 Å². The van der Waals surface area contributed by atoms with Gasteiger partial charge in [0.15, 0.2) is 0 Å². The Bertz CT molecular complexity index is 764. The third-order valence-corrected chi connectivity index (χ3v) is 8.93. The first-order valence-electron chi connectivity index (χ1n) is 7.06. The van der Waals surface area contributed by atoms with Crippen molar-refractivity contribution >= 4 is 27.7 Å². The van der Waals surface area contributed by atoms with Crippen LogP contribution in [0.5, 0.6) is 11.5 Å². The number of rotatable bonds is 1. The molecule has 0 amide bonds. The second-order valence-corrected chi connectivity index (χ2v) is 9.72. The Kier molecular flexibility index (Phi) is 3.09. The Balaban J connectivity index is 1.97. The van der Waals surface area contributed by atoms with Gasteiger partial charge in [0.1, 0.15) is 0 Å². The molecule has 0 saturated heterocycles. The summed E-state index contributed by atoms with van der Waals surface area (Å²) in [5, 5.41) is 0. The molecule has 0 saturated carbocycles. The summed E-state index contributed by atoms with van der Waals surface area (Å²) in [5.41, 5.74) is 1.32. The van der Waals surface area contributed by atoms with Gasteiger partial charge in [-0.15, -0.1) is 0 Å². The fraction of sp³-hybridized carbons (Fsp3) is 0.0526. The fourth-order valence-electron chi connectivity index (χ4n) is 2.75. The molecule has 1 heterocycles. The summed E-state index contributed by atoms with van der Waals surface area (Å²) >= 11 is -1.52. The van der Waals surface area contributed by atoms with Crippen molar-refractivity contribution in [2.45, 2.75) is 6.92 Å². The second kappa shape index (κ2) is 5.09. The Labute approximate surface area is 129 Å². The molecule has 21 heavy (non-hydrogen) atoms. The van der Waals surface area contributed by atoms with Crippen LogP contribution in [0.15, 0.2) is 72.8 Å². The maximum atomic E-state index is 6.10. The van der Waals surface area contributed by atoms with Gasteiger partial charge in [-0.05, 0) is 0 Å². The molecule has 0 aliphatic carbocycles. The van der Waals surface area contributed by atoms with Crippen molar-refractivity contribution < 1.29 is 4.74 Å². The van der Waals surface area contributed by atoms with Crippen LogP contribution in [0.25, 0.3) is 0 Å². The third kappa shape index (κ3) is 2.18. The van der Waals surface area contributed by atoms with Crippen molar-refractivity contribution in [3.63, 3.8) is 0 Å². The summed E-state index contributed by atoms with van der Waals surface area (Å²) in [6.07, 6.45) is 0. The summed E-state index contributed by atoms with van der Waals surface area (Å²) in [4.78, 5) is 0. The molecule has 0 radical (unpaired) electrons. The van der Waals surface area contributed by atoms with E-state index >= 15 is 0 Å². The van der Waals surface area contributed by atoms with Crippen LogP contribution in [0, 0.1) is 6.92 Å². The van der Waals surface area contributed by atoms with Crippen LogP contribution in [-0.4, -0.2) is 14.7 Å². The first kappa shape index (κ1) is 12.7. The molecule has 102 valence electrons. The number of fused-ring (bicyclic) bond motifs is 2. The SMILES string of the molecule is Cc1cccc([As]2c3ccccc3Oc3ccccc32)c1. The number of hydrogen-bond donors (Lipinski definition) is 0. The van der Waals surface area contributed by atoms with Gasteiger partial charge in [0, 0.05) is 0 Å². The van der Waals surface area contributed by atoms with Crippen LogP contribution in [0.1, 0.15) is 5.56 Å². The quantitative estimate of drug-likeness (QED) is 0.486. The zero-order valence-electron chi connectivity index (χ0n) is 11.8. The topological polar surface area (TPSA) is 9.23 Å². The molecule has 3 aromatic rings. The van der Waals surface area contributed by atoms with E-state index in [9.17, 15) is 0 Å². The second-order valence-electron chi connectivity index (χ2n) is 5.21. The molecule has 0 unspecified atom stereocenters. The van der Waals surface area contributed by atoms with Crippen molar-refractivity contribution in [1.82, 2.24) is 0 Å². The summed E-state index contributed by atoms with van der Waals surface area (Å²) in [5.74, 6) is 2.05. The van der Waals surface area contributed by atoms with E-state index in [1.165, 1.54) is 18.6 Å². The minimum absolute atomic E-state index is 1.03. The molecule has 0 aromatic heterocycles. The molecule has 1 aliphatic rings. The molecular formula is C19H15AsO. The number of ether oxygens (including phenoxy) is 1. The summed E-state index contributed by atoms with van der Waals surface area (Å²) < 4.78 is 10.3. The van der Waals surface area contributed by atoms with E-state index in [-0.39, 0.29) is 0 Å². The van der Waals surface area contributed by atoms with E-state index in [1.54, 1.807) is 0 Å². The van der Waals surface area contributed by atoms with Gasteiger partial charge in [-0.1, -0.05) is 0 Å². The van der Waals surface area contributed by atoms with E-state index in [2.05, 4.69) is 79.7 Å². The van der Waals surface area contributed by atoms with Gasteiger partial charge in [0.2, 0.25) is 0 Å². The van der Waals surface area contributed by atoms with E-state index in [1.807, 2.05) is 0 Å². The Morgan fingerprint density at radius 1 is 0.714 bits per heavy atom. The van der Waals surface area contributed by atoms with Crippen molar-refractivity contribution in [2.24, 2.45) is 0 Å². The summed E-state index contributed by atoms with van der Waals surface area (Å²) in [6, 6.07) is 25.9. The van der Waals surface area contributed by atoms with Crippen LogP contribution >= 0.6 is 0 Å². The van der Waals surface area contributed by atoms with E-state index < -0.39 is 14.7 Å². The number of aryl methyl sites for hydroxylation is 1. The van der Waals surface area contributed by atoms with E-state index in [0.29, 0.717) is 0 Å². The molecule has 4 rings (SSSR count). The fourth-order valence-corrected chi connectivity index (χ4v) is 8.07. The normalized spacial score (nSPS) is 13.2. The Morgan fingerprint density at radius 2 is 1.33 bits per heavy atom. The molecule has 0 N–H and O–H groups in total. The molecule has 3 aromatic carbocycles. The van der Waals surface area contributed by atoms with Gasteiger partial charge in [0.05, 0.1) is 0 Å². The van der Waals surface area contributed by atoms with Crippen LogP contribution in [0.4, 0.5) is 0 Å². The van der Waals surface area contributed by atoms with Gasteiger partial charge in [-0.3, -0.25) is 0 Å². The van der Waals surface area contributed by atoms with Gasteiger partial charge in [0.25, 0.3) is 0 Å². The van der Waals surface area contributed by atoms with Crippen LogP contribution in [0.3, 0.4) is 0 Å². The molecule has 2 heteroatoms. The average molecular weight is 334 g/mol. The molecule has 0 bridgehead atoms. The monoisotopic (exact) mass is 334 g/mol. The number of para-hydroxylation sites is 2. The predicted molar refractivity (Wildman–Crippen MR) is 88.8 cm³/mol. The summed E-state index contributed by atoms with van der Waals surface area (Å²) in [6.45, 7) is 2.16. The molecule has 1 nitrogen and oxygen atoms in total. The van der Waals surface area contributed by atoms with Gasteiger partial charge >= 0.3 is 129 Å². The molecule has 0 fully saturated rings. The predicted octanol–water partition coefficient (Wildman–Crippen LogP) is 2.62. The van der Waals surface area contributed by atoms with Gasteiger partial charge in [-0.25, -0.2) is 0 Å². The standard InChI is InChI=1S/C19H15AsO/c1-14-7-6-8-15(13-14)20-16-9-2-4-11-18(16)21-19-12-5-3-10-17(19)20/h2-13H,1H3. The van der Waals surface area contributed by atoms with Crippen molar-refractivity contribution in [2.75, 3.05) is 0 Å². The van der Waals surface area contributed by atoms with Crippen molar-refractivity contribution in [3.8, 4) is 11.5 Å². The molecule has 1 aliphatic heterocycles. The zero-order chi connectivity index (χ0) is 14.2. The minimum atomic E-state index is -1.52. The molecule has 0 atom stereocenters. The molecule has 0 spiro atoms. The molecular weight excluding hydrogens is 319 g/mol. The zero-order valence-corrected chi connectivity index (χ0v) is 13.7. The first-order chi connectivity index (χ1) is 10.3. The van der Waals surface area contributed by atoms with E-state index in [0.717, 1.165) is 11.5 Å². The van der Waals surface area contributed by atoms with Gasteiger partial charge in [-0.2, -0.15) is 0 Å². The van der Waals surface area contributed by atoms with Gasteiger partial charge < -0.3 is 0 Å². The Morgan fingerprint density at radius 3 is 1.95 bits per heavy atom. The number of benzene rings is 3. The Hall–Kier alpha value is -1.98. The third-order valence-electron chi connectivity index (χ3n) is 3.69.